The fourth-order valence-corrected chi connectivity index (χ4v) is 16.2. The van der Waals surface area contributed by atoms with Crippen molar-refractivity contribution in [3.05, 3.63) is 322 Å². The molecule has 0 unspecified atom stereocenters. The van der Waals surface area contributed by atoms with Crippen LogP contribution >= 0.6 is 22.7 Å². The summed E-state index contributed by atoms with van der Waals surface area (Å²) in [4.78, 5) is 30.0. The standard InChI is InChI=1S/C23H17N4O.C19H14N5O.C19H17N4O.C16H12N5S.C15H7F2N4S.5Ir/c1-15-8-6-9-16(2)21(15)27-14-24-26-22(27)18-12-7-13-19-20(18)25-23(28-19)17-10-4-3-5-11-17;1-11-8-12(2)17(13(3)9-11)24-10-21-23-18(24)14-6-5-7-15-16(14)22-19(20-4)25-15;1-11-8-12(2)18(13(3)9-11)23-10-20-22-19(23)15-6-5-7-16-17(15)21-14(4)24-16;1-10-6-7-13(11(2)19-10)21-8-18-20-16(21)12-4-3-5-14-15(12)17-9-22-14;16-10-4-2-5-11(17)14(10)21-7-19-20-15(21)9-3-1-6-12-13(9)18-8-22-12;;;;;/h3-11,13-14H,1-2H3;5,7-10H,1-3H3;5,7-10H,1-4H3;3,5-9H,1-2H3;1-2,4-8H;;;;;/q5*-1;;;;;. The molecule has 0 spiro atoms. The molecule has 21 rings (SSSR count). The third-order valence-corrected chi connectivity index (χ3v) is 21.4. The fraction of sp³-hybridized carbons (Fsp3) is 0.120. The monoisotopic (exact) mass is 2590 g/mol. The Morgan fingerprint density at radius 2 is 0.746 bits per heavy atom. The minimum atomic E-state index is -0.688. The average molecular weight is 2590 g/mol. The average Bonchev–Trinajstić information content (AvgIpc) is 1.62. The van der Waals surface area contributed by atoms with E-state index in [0.717, 1.165) is 116 Å². The van der Waals surface area contributed by atoms with Gasteiger partial charge in [0.25, 0.3) is 0 Å². The smallest absolute Gasteiger partial charge is 0.439 e. The SMILES string of the molecule is Cc1cc(C)c(-n2cnnc2-c2[c-]ccc3oc(C)nc23)c(C)c1.Cc1ccc(-n2cnnc2-c2[c-]ccc3scnc23)c(C)n1.Cc1cccc(C)c1-n1cnnc1-c1[c-]ccc2oc(-c3ccccc3)nc12.Fc1cccc(F)c1-n1cnnc1-c1[c-]ccc2scnc12.[C-]#[N+]c1nc2c(-c3nncn3-c3c(C)cc(C)cc3C)[c-]ccc2o1.[Ir].[Ir].[Ir].[Ir].[Ir]. The summed E-state index contributed by atoms with van der Waals surface area (Å²) < 4.78 is 56.3. The molecule has 0 aliphatic carbocycles. The third kappa shape index (κ3) is 18.7. The van der Waals surface area contributed by atoms with E-state index in [0.29, 0.717) is 68.4 Å². The van der Waals surface area contributed by atoms with Gasteiger partial charge in [-0.2, -0.15) is 25.5 Å². The Morgan fingerprint density at radius 3 is 1.20 bits per heavy atom. The maximum atomic E-state index is 14.0. The summed E-state index contributed by atoms with van der Waals surface area (Å²) in [6.07, 6.45) is 8.13. The Hall–Kier alpha value is -12.2. The summed E-state index contributed by atoms with van der Waals surface area (Å²) >= 11 is 3.07. The van der Waals surface area contributed by atoms with Gasteiger partial charge < -0.3 is 40.9 Å². The number of para-hydroxylation sites is 2. The number of fused-ring (bicyclic) bond motifs is 5. The number of benzene rings is 10. The number of nitrogens with zero attached hydrogens (tertiary/aromatic N) is 22. The van der Waals surface area contributed by atoms with Gasteiger partial charge in [0.15, 0.2) is 5.89 Å². The molecule has 0 atom stereocenters. The van der Waals surface area contributed by atoms with Gasteiger partial charge in [-0.25, -0.2) is 8.78 Å². The van der Waals surface area contributed by atoms with Crippen LogP contribution in [0.25, 0.3) is 155 Å². The number of aryl methyl sites for hydroxylation is 11. The van der Waals surface area contributed by atoms with Crippen LogP contribution in [0.3, 0.4) is 0 Å². The van der Waals surface area contributed by atoms with E-state index in [1.54, 1.807) is 60.4 Å². The molecule has 0 N–H and O–H groups in total. The number of hydrogen-bond donors (Lipinski definition) is 0. The molecule has 639 valence electrons. The molecule has 126 heavy (non-hydrogen) atoms. The van der Waals surface area contributed by atoms with Crippen molar-refractivity contribution in [3.8, 4) is 96.8 Å². The zero-order valence-electron chi connectivity index (χ0n) is 68.4. The number of hydrogen-bond acceptors (Lipinski definition) is 21. The van der Waals surface area contributed by atoms with E-state index in [1.807, 2.05) is 129 Å². The van der Waals surface area contributed by atoms with E-state index in [4.69, 9.17) is 24.8 Å². The minimum absolute atomic E-state index is 0. The zero-order chi connectivity index (χ0) is 83.7. The molecule has 10 aromatic carbocycles. The fourth-order valence-electron chi connectivity index (χ4n) is 14.8. The van der Waals surface area contributed by atoms with Crippen molar-refractivity contribution in [2.75, 3.05) is 0 Å². The van der Waals surface area contributed by atoms with Gasteiger partial charge in [0, 0.05) is 158 Å². The van der Waals surface area contributed by atoms with Crippen LogP contribution in [0.5, 0.6) is 0 Å². The Bertz CT molecular complexity index is 7420. The Labute approximate surface area is 796 Å². The first-order valence-corrected chi connectivity index (χ1v) is 39.5. The van der Waals surface area contributed by atoms with Crippen molar-refractivity contribution in [3.63, 3.8) is 0 Å². The Morgan fingerprint density at radius 1 is 0.365 bits per heavy atom. The van der Waals surface area contributed by atoms with Gasteiger partial charge >= 0.3 is 6.01 Å². The molecule has 21 aromatic rings. The predicted octanol–water partition coefficient (Wildman–Crippen LogP) is 20.6. The van der Waals surface area contributed by atoms with E-state index in [1.165, 1.54) is 62.7 Å². The topological polar surface area (TPSA) is 275 Å². The molecule has 0 fully saturated rings. The van der Waals surface area contributed by atoms with Crippen LogP contribution < -0.4 is 0 Å². The molecule has 25 nitrogen and oxygen atoms in total. The molecule has 0 saturated heterocycles. The van der Waals surface area contributed by atoms with Crippen molar-refractivity contribution in [2.45, 2.75) is 76.2 Å². The molecular formula is C92H67F2Ir5N22O3S2-5. The summed E-state index contributed by atoms with van der Waals surface area (Å²) in [7, 11) is 0. The molecule has 0 amide bonds. The van der Waals surface area contributed by atoms with E-state index in [9.17, 15) is 8.78 Å². The van der Waals surface area contributed by atoms with Crippen LogP contribution in [0.2, 0.25) is 0 Å². The molecule has 11 heterocycles. The Balaban J connectivity index is 0.000000142. The number of halogens is 2. The van der Waals surface area contributed by atoms with E-state index >= 15 is 0 Å². The molecule has 0 aliphatic rings. The van der Waals surface area contributed by atoms with Crippen molar-refractivity contribution in [1.82, 2.24) is 104 Å². The second-order valence-electron chi connectivity index (χ2n) is 28.2. The van der Waals surface area contributed by atoms with Crippen molar-refractivity contribution in [1.29, 1.82) is 0 Å². The van der Waals surface area contributed by atoms with Gasteiger partial charge in [-0.05, 0) is 148 Å². The number of rotatable bonds is 11. The number of oxazole rings is 3. The second-order valence-corrected chi connectivity index (χ2v) is 30.0. The van der Waals surface area contributed by atoms with Gasteiger partial charge in [0.2, 0.25) is 5.89 Å². The van der Waals surface area contributed by atoms with Crippen molar-refractivity contribution < 1.29 is 123 Å². The predicted molar refractivity (Wildman–Crippen MR) is 459 cm³/mol. The van der Waals surface area contributed by atoms with Crippen LogP contribution in [0.1, 0.15) is 61.8 Å². The minimum Gasteiger partial charge on any atom is -0.478 e. The first kappa shape index (κ1) is 93.0. The molecule has 5 radical (unpaired) electrons. The van der Waals surface area contributed by atoms with Gasteiger partial charge in [0.1, 0.15) is 54.5 Å². The van der Waals surface area contributed by atoms with E-state index < -0.39 is 11.6 Å². The maximum absolute atomic E-state index is 14.0. The summed E-state index contributed by atoms with van der Waals surface area (Å²) in [5.41, 5.74) is 28.9. The number of pyridine rings is 1. The summed E-state index contributed by atoms with van der Waals surface area (Å²) in [6.45, 7) is 29.6. The van der Waals surface area contributed by atoms with Gasteiger partial charge in [-0.15, -0.1) is 126 Å². The van der Waals surface area contributed by atoms with Crippen molar-refractivity contribution in [2.24, 2.45) is 0 Å². The maximum Gasteiger partial charge on any atom is 0.439 e. The van der Waals surface area contributed by atoms with Crippen LogP contribution in [0, 0.1) is 125 Å². The quantitative estimate of drug-likeness (QED) is 0.109. The zero-order valence-corrected chi connectivity index (χ0v) is 82.0. The first-order chi connectivity index (χ1) is 58.8. The van der Waals surface area contributed by atoms with Crippen LogP contribution in [-0.2, 0) is 101 Å². The first-order valence-electron chi connectivity index (χ1n) is 37.8. The normalized spacial score (nSPS) is 10.7. The van der Waals surface area contributed by atoms with Gasteiger partial charge in [-0.1, -0.05) is 130 Å². The number of aromatic nitrogens is 21. The molecule has 0 bridgehead atoms. The van der Waals surface area contributed by atoms with Gasteiger partial charge in [-0.3, -0.25) is 24.9 Å². The number of thiazole rings is 2. The second kappa shape index (κ2) is 40.4. The van der Waals surface area contributed by atoms with E-state index in [-0.39, 0.29) is 112 Å². The molecule has 0 aliphatic heterocycles. The van der Waals surface area contributed by atoms with Crippen LogP contribution in [-0.4, -0.2) is 104 Å². The molecular weight excluding hydrogens is 2520 g/mol. The van der Waals surface area contributed by atoms with Crippen LogP contribution in [0.15, 0.2) is 220 Å². The molecule has 0 saturated carbocycles. The summed E-state index contributed by atoms with van der Waals surface area (Å²) in [5.74, 6) is 2.86. The summed E-state index contributed by atoms with van der Waals surface area (Å²) in [5, 5.41) is 41.5. The largest absolute Gasteiger partial charge is 0.478 e. The molecule has 34 heteroatoms. The Kier molecular flexibility index (Phi) is 29.8. The molecule has 11 aromatic heterocycles. The van der Waals surface area contributed by atoms with Crippen LogP contribution in [0.4, 0.5) is 14.8 Å². The van der Waals surface area contributed by atoms with E-state index in [2.05, 4.69) is 209 Å². The van der Waals surface area contributed by atoms with Gasteiger partial charge in [0.05, 0.1) is 68.3 Å². The summed E-state index contributed by atoms with van der Waals surface area (Å²) in [6, 6.07) is 66.7. The third-order valence-electron chi connectivity index (χ3n) is 19.8. The van der Waals surface area contributed by atoms with Crippen molar-refractivity contribution >= 4 is 82.4 Å².